The van der Waals surface area contributed by atoms with Gasteiger partial charge in [-0.2, -0.15) is 5.26 Å². The summed E-state index contributed by atoms with van der Waals surface area (Å²) in [6.07, 6.45) is 9.23. The van der Waals surface area contributed by atoms with Crippen LogP contribution in [0.4, 0.5) is 15.8 Å². The number of rotatable bonds is 5. The summed E-state index contributed by atoms with van der Waals surface area (Å²) in [5.74, 6) is -0.191. The van der Waals surface area contributed by atoms with Gasteiger partial charge in [-0.25, -0.2) is 9.37 Å². The van der Waals surface area contributed by atoms with Gasteiger partial charge in [0.25, 0.3) is 5.91 Å². The van der Waals surface area contributed by atoms with Crippen LogP contribution in [0.15, 0.2) is 48.9 Å². The van der Waals surface area contributed by atoms with Crippen molar-refractivity contribution in [3.8, 4) is 16.6 Å². The molecule has 2 aliphatic rings. The van der Waals surface area contributed by atoms with Crippen LogP contribution in [0, 0.1) is 23.2 Å². The number of carbonyl (C=O) groups excluding carboxylic acids is 1. The second-order valence-corrected chi connectivity index (χ2v) is 8.77. The quantitative estimate of drug-likeness (QED) is 0.594. The van der Waals surface area contributed by atoms with Gasteiger partial charge in [0, 0.05) is 30.2 Å². The molecule has 2 fully saturated rings. The van der Waals surface area contributed by atoms with Crippen LogP contribution in [-0.2, 0) is 0 Å². The van der Waals surface area contributed by atoms with Gasteiger partial charge in [-0.05, 0) is 49.1 Å². The van der Waals surface area contributed by atoms with E-state index in [1.807, 2.05) is 6.07 Å². The van der Waals surface area contributed by atoms with Crippen molar-refractivity contribution in [2.45, 2.75) is 24.9 Å². The molecule has 2 aromatic heterocycles. The molecule has 1 aliphatic heterocycles. The number of carbonyl (C=O) groups is 1. The largest absolute Gasteiger partial charge is 0.354 e. The molecule has 3 atom stereocenters. The Morgan fingerprint density at radius 3 is 2.84 bits per heavy atom. The van der Waals surface area contributed by atoms with Crippen molar-refractivity contribution in [2.75, 3.05) is 11.9 Å². The van der Waals surface area contributed by atoms with Gasteiger partial charge >= 0.3 is 0 Å². The number of pyridine rings is 1. The minimum Gasteiger partial charge on any atom is -0.354 e. The van der Waals surface area contributed by atoms with Gasteiger partial charge in [0.2, 0.25) is 0 Å². The van der Waals surface area contributed by atoms with Crippen molar-refractivity contribution in [2.24, 2.45) is 5.92 Å². The first-order chi connectivity index (χ1) is 15.1. The topological polar surface area (TPSA) is 93.9 Å². The Labute approximate surface area is 182 Å². The van der Waals surface area contributed by atoms with Crippen molar-refractivity contribution in [1.82, 2.24) is 20.2 Å². The predicted octanol–water partition coefficient (Wildman–Crippen LogP) is 3.76. The zero-order valence-corrected chi connectivity index (χ0v) is 17.3. The highest BCUT2D eigenvalue weighted by molar-refractivity contribution is 7.17. The summed E-state index contributed by atoms with van der Waals surface area (Å²) in [5, 5.41) is 16.0. The summed E-state index contributed by atoms with van der Waals surface area (Å²) in [5.41, 5.74) is 2.33. The molecule has 1 saturated heterocycles. The molecule has 0 spiro atoms. The number of likely N-dealkylation sites (tertiary alicyclic amines) is 1. The molecule has 5 rings (SSSR count). The molecule has 1 saturated carbocycles. The van der Waals surface area contributed by atoms with E-state index in [2.05, 4.69) is 26.8 Å². The number of thiazole rings is 1. The number of piperidine rings is 1. The van der Waals surface area contributed by atoms with Gasteiger partial charge in [-0.3, -0.25) is 9.78 Å². The van der Waals surface area contributed by atoms with Crippen LogP contribution in [0.3, 0.4) is 0 Å². The molecule has 7 nitrogen and oxygen atoms in total. The van der Waals surface area contributed by atoms with Crippen LogP contribution in [0.2, 0.25) is 0 Å². The van der Waals surface area contributed by atoms with Gasteiger partial charge in [0.05, 0.1) is 28.8 Å². The van der Waals surface area contributed by atoms with Crippen LogP contribution in [-0.4, -0.2) is 39.4 Å². The van der Waals surface area contributed by atoms with Crippen LogP contribution < -0.4 is 10.6 Å². The number of nitrogens with zero attached hydrogens (tertiary/aromatic N) is 4. The average molecular weight is 435 g/mol. The molecule has 31 heavy (non-hydrogen) atoms. The Bertz CT molecular complexity index is 1160. The zero-order chi connectivity index (χ0) is 21.4. The zero-order valence-electron chi connectivity index (χ0n) is 16.5. The first-order valence-corrected chi connectivity index (χ1v) is 10.8. The molecule has 2 bridgehead atoms. The molecule has 156 valence electrons. The Kier molecular flexibility index (Phi) is 5.00. The van der Waals surface area contributed by atoms with Gasteiger partial charge in [0.1, 0.15) is 5.82 Å². The minimum atomic E-state index is -0.302. The molecule has 2 unspecified atom stereocenters. The molecule has 1 aromatic carbocycles. The number of hydrogen-bond acceptors (Lipinski definition) is 7. The molecule has 9 heteroatoms. The first kappa shape index (κ1) is 19.5. The average Bonchev–Trinajstić information content (AvgIpc) is 3.51. The maximum absolute atomic E-state index is 13.2. The summed E-state index contributed by atoms with van der Waals surface area (Å²) < 4.78 is 13.2. The number of benzene rings is 1. The lowest BCUT2D eigenvalue weighted by molar-refractivity contribution is 0.0929. The number of anilines is 2. The van der Waals surface area contributed by atoms with Crippen molar-refractivity contribution in [3.63, 3.8) is 0 Å². The number of nitriles is 1. The predicted molar refractivity (Wildman–Crippen MR) is 115 cm³/mol. The highest BCUT2D eigenvalue weighted by Crippen LogP contribution is 2.38. The molecule has 3 heterocycles. The molecule has 2 N–H and O–H groups in total. The number of aromatic nitrogens is 2. The van der Waals surface area contributed by atoms with Gasteiger partial charge < -0.3 is 15.5 Å². The first-order valence-electron chi connectivity index (χ1n) is 10.0. The maximum atomic E-state index is 13.2. The number of fused-ring (bicyclic) bond motifs is 2. The number of amides is 1. The van der Waals surface area contributed by atoms with E-state index in [1.54, 1.807) is 35.6 Å². The highest BCUT2D eigenvalue weighted by atomic mass is 32.1. The fraction of sp³-hybridized carbons (Fsp3) is 0.273. The summed E-state index contributed by atoms with van der Waals surface area (Å²) in [6.45, 7) is 0.713. The van der Waals surface area contributed by atoms with E-state index >= 15 is 0 Å². The second kappa shape index (κ2) is 7.96. The van der Waals surface area contributed by atoms with Crippen LogP contribution in [0.5, 0.6) is 0 Å². The minimum absolute atomic E-state index is 0.00358. The SMILES string of the molecule is N#CN1CC2CCC1[C@@H]2NC(=O)c1ncc(-c2ccncc2Nc2ccc(F)cc2)s1. The Hall–Kier alpha value is -3.51. The van der Waals surface area contributed by atoms with Gasteiger partial charge in [-0.1, -0.05) is 0 Å². The second-order valence-electron chi connectivity index (χ2n) is 7.74. The van der Waals surface area contributed by atoms with E-state index in [9.17, 15) is 14.4 Å². The number of nitrogens with one attached hydrogen (secondary N) is 2. The lowest BCUT2D eigenvalue weighted by Crippen LogP contribution is -2.42. The van der Waals surface area contributed by atoms with Gasteiger partial charge in [0.15, 0.2) is 11.2 Å². The van der Waals surface area contributed by atoms with E-state index in [0.29, 0.717) is 17.5 Å². The van der Waals surface area contributed by atoms with Crippen molar-refractivity contribution < 1.29 is 9.18 Å². The van der Waals surface area contributed by atoms with E-state index < -0.39 is 0 Å². The smallest absolute Gasteiger partial charge is 0.280 e. The molecular formula is C22H19FN6OS. The van der Waals surface area contributed by atoms with Crippen LogP contribution in [0.1, 0.15) is 22.6 Å². The number of halogens is 1. The Morgan fingerprint density at radius 1 is 1.23 bits per heavy atom. The monoisotopic (exact) mass is 434 g/mol. The normalized spacial score (nSPS) is 21.7. The Balaban J connectivity index is 1.34. The third-order valence-corrected chi connectivity index (χ3v) is 6.95. The third-order valence-electron chi connectivity index (χ3n) is 5.92. The van der Waals surface area contributed by atoms with Crippen molar-refractivity contribution >= 4 is 28.6 Å². The van der Waals surface area contributed by atoms with E-state index in [0.717, 1.165) is 34.7 Å². The molecule has 0 radical (unpaired) electrons. The third kappa shape index (κ3) is 3.70. The van der Waals surface area contributed by atoms with Crippen molar-refractivity contribution in [1.29, 1.82) is 5.26 Å². The molecule has 3 aromatic rings. The summed E-state index contributed by atoms with van der Waals surface area (Å²) in [7, 11) is 0. The highest BCUT2D eigenvalue weighted by Gasteiger charge is 2.47. The summed E-state index contributed by atoms with van der Waals surface area (Å²) in [6, 6.07) is 8.01. The summed E-state index contributed by atoms with van der Waals surface area (Å²) >= 11 is 1.30. The lowest BCUT2D eigenvalue weighted by atomic mass is 10.1. The molecular weight excluding hydrogens is 415 g/mol. The van der Waals surface area contributed by atoms with Crippen LogP contribution >= 0.6 is 11.3 Å². The van der Waals surface area contributed by atoms with E-state index in [1.165, 1.54) is 23.5 Å². The van der Waals surface area contributed by atoms with Crippen LogP contribution in [0.25, 0.3) is 10.4 Å². The lowest BCUT2D eigenvalue weighted by Gasteiger charge is -2.21. The van der Waals surface area contributed by atoms with E-state index in [-0.39, 0.29) is 23.8 Å². The molecule has 1 amide bonds. The summed E-state index contributed by atoms with van der Waals surface area (Å²) in [4.78, 5) is 23.9. The number of hydrogen-bond donors (Lipinski definition) is 2. The van der Waals surface area contributed by atoms with Gasteiger partial charge in [-0.15, -0.1) is 11.3 Å². The van der Waals surface area contributed by atoms with Crippen molar-refractivity contribution in [3.05, 3.63) is 59.7 Å². The van der Waals surface area contributed by atoms with E-state index in [4.69, 9.17) is 0 Å². The fourth-order valence-electron chi connectivity index (χ4n) is 4.44. The fourth-order valence-corrected chi connectivity index (χ4v) is 5.30. The maximum Gasteiger partial charge on any atom is 0.280 e. The molecule has 1 aliphatic carbocycles. The standard InChI is InChI=1S/C22H19FN6OS/c23-14-2-4-15(5-3-14)27-17-9-25-8-7-16(17)19-10-26-22(31-19)21(30)28-20-13-1-6-18(20)29(11-13)12-24/h2-5,7-10,13,18,20,27H,1,6,11H2,(H,28,30)/t13?,18?,20-/m1/s1. The Morgan fingerprint density at radius 2 is 2.06 bits per heavy atom.